The summed E-state index contributed by atoms with van der Waals surface area (Å²) in [6.45, 7) is 4.66. The molecule has 5 nitrogen and oxygen atoms in total. The van der Waals surface area contributed by atoms with Crippen molar-refractivity contribution in [3.8, 4) is 5.75 Å². The molecular formula is C19H27BrO5. The summed E-state index contributed by atoms with van der Waals surface area (Å²) in [6, 6.07) is 5.57. The van der Waals surface area contributed by atoms with Gasteiger partial charge in [-0.25, -0.2) is 0 Å². The van der Waals surface area contributed by atoms with Gasteiger partial charge in [0, 0.05) is 22.9 Å². The molecule has 0 aliphatic rings. The number of carbonyl (C=O) groups excluding carboxylic acids is 2. The van der Waals surface area contributed by atoms with Crippen LogP contribution in [0.2, 0.25) is 0 Å². The average molecular weight is 415 g/mol. The van der Waals surface area contributed by atoms with Gasteiger partial charge >= 0.3 is 11.9 Å². The van der Waals surface area contributed by atoms with Crippen molar-refractivity contribution in [1.29, 1.82) is 0 Å². The van der Waals surface area contributed by atoms with Crippen molar-refractivity contribution in [2.45, 2.75) is 52.6 Å². The quantitative estimate of drug-likeness (QED) is 0.389. The van der Waals surface area contributed by atoms with Crippen molar-refractivity contribution in [2.24, 2.45) is 5.92 Å². The van der Waals surface area contributed by atoms with Gasteiger partial charge in [0.05, 0.1) is 13.7 Å². The van der Waals surface area contributed by atoms with Crippen molar-refractivity contribution >= 4 is 27.9 Å². The zero-order valence-corrected chi connectivity index (χ0v) is 16.8. The number of methoxy groups -OCH3 is 1. The molecule has 0 atom stereocenters. The van der Waals surface area contributed by atoms with Crippen LogP contribution >= 0.6 is 15.9 Å². The number of ether oxygens (including phenoxy) is 3. The lowest BCUT2D eigenvalue weighted by atomic mass is 10.1. The number of hydrogen-bond donors (Lipinski definition) is 0. The highest BCUT2D eigenvalue weighted by molar-refractivity contribution is 9.10. The van der Waals surface area contributed by atoms with E-state index in [1.165, 1.54) is 0 Å². The van der Waals surface area contributed by atoms with Gasteiger partial charge in [0.25, 0.3) is 0 Å². The minimum atomic E-state index is -0.243. The van der Waals surface area contributed by atoms with Crippen LogP contribution in [0.3, 0.4) is 0 Å². The molecule has 1 aromatic rings. The van der Waals surface area contributed by atoms with Crippen LogP contribution in [-0.2, 0) is 25.7 Å². The van der Waals surface area contributed by atoms with Gasteiger partial charge in [-0.05, 0) is 30.9 Å². The monoisotopic (exact) mass is 414 g/mol. The molecule has 0 saturated carbocycles. The lowest BCUT2D eigenvalue weighted by Crippen LogP contribution is -2.09. The molecule has 0 fully saturated rings. The molecule has 0 heterocycles. The molecule has 0 bridgehead atoms. The van der Waals surface area contributed by atoms with E-state index in [9.17, 15) is 9.59 Å². The zero-order chi connectivity index (χ0) is 18.7. The number of hydrogen-bond acceptors (Lipinski definition) is 5. The van der Waals surface area contributed by atoms with Gasteiger partial charge < -0.3 is 14.2 Å². The number of unbranched alkanes of at least 4 members (excludes halogenated alkanes) is 2. The molecular weight excluding hydrogens is 388 g/mol. The normalized spacial score (nSPS) is 10.6. The lowest BCUT2D eigenvalue weighted by Gasteiger charge is -2.10. The first kappa shape index (κ1) is 21.5. The van der Waals surface area contributed by atoms with Crippen molar-refractivity contribution < 1.29 is 23.8 Å². The van der Waals surface area contributed by atoms with Crippen molar-refractivity contribution in [2.75, 3.05) is 13.7 Å². The molecule has 0 N–H and O–H groups in total. The van der Waals surface area contributed by atoms with Gasteiger partial charge in [0.15, 0.2) is 0 Å². The summed E-state index contributed by atoms with van der Waals surface area (Å²) in [5.41, 5.74) is 0.826. The Balaban J connectivity index is 2.16. The van der Waals surface area contributed by atoms with Gasteiger partial charge in [-0.15, -0.1) is 0 Å². The Morgan fingerprint density at radius 1 is 1.04 bits per heavy atom. The highest BCUT2D eigenvalue weighted by Crippen LogP contribution is 2.24. The van der Waals surface area contributed by atoms with Crippen LogP contribution in [0.25, 0.3) is 0 Å². The minimum absolute atomic E-state index is 0.168. The Morgan fingerprint density at radius 3 is 2.28 bits per heavy atom. The molecule has 0 unspecified atom stereocenters. The van der Waals surface area contributed by atoms with Crippen LogP contribution in [0.15, 0.2) is 22.7 Å². The Kier molecular flexibility index (Phi) is 10.2. The molecule has 140 valence electrons. The number of halogens is 1. The zero-order valence-electron chi connectivity index (χ0n) is 15.2. The van der Waals surface area contributed by atoms with E-state index in [1.807, 2.05) is 32.0 Å². The molecule has 1 aromatic carbocycles. The first-order valence-corrected chi connectivity index (χ1v) is 9.35. The fourth-order valence-corrected chi connectivity index (χ4v) is 2.46. The van der Waals surface area contributed by atoms with E-state index in [-0.39, 0.29) is 18.5 Å². The molecule has 0 spiro atoms. The van der Waals surface area contributed by atoms with E-state index in [1.54, 1.807) is 7.11 Å². The molecule has 0 amide bonds. The van der Waals surface area contributed by atoms with E-state index in [2.05, 4.69) is 15.9 Å². The molecule has 0 radical (unpaired) electrons. The average Bonchev–Trinajstić information content (AvgIpc) is 2.58. The number of esters is 2. The first-order valence-electron chi connectivity index (χ1n) is 8.56. The summed E-state index contributed by atoms with van der Waals surface area (Å²) < 4.78 is 16.6. The lowest BCUT2D eigenvalue weighted by molar-refractivity contribution is -0.145. The van der Waals surface area contributed by atoms with Gasteiger partial charge in [-0.1, -0.05) is 42.3 Å². The maximum Gasteiger partial charge on any atom is 0.306 e. The Hall–Kier alpha value is -1.56. The van der Waals surface area contributed by atoms with E-state index in [4.69, 9.17) is 14.2 Å². The van der Waals surface area contributed by atoms with E-state index in [0.717, 1.165) is 22.9 Å². The Labute approximate surface area is 158 Å². The third-order valence-electron chi connectivity index (χ3n) is 3.48. The second-order valence-corrected chi connectivity index (χ2v) is 7.17. The molecule has 25 heavy (non-hydrogen) atoms. The summed E-state index contributed by atoms with van der Waals surface area (Å²) in [5.74, 6) is 0.621. The van der Waals surface area contributed by atoms with Gasteiger partial charge in [-0.3, -0.25) is 9.59 Å². The molecule has 0 aliphatic carbocycles. The van der Waals surface area contributed by atoms with Gasteiger partial charge in [-0.2, -0.15) is 0 Å². The summed E-state index contributed by atoms with van der Waals surface area (Å²) in [6.07, 6.45) is 2.98. The van der Waals surface area contributed by atoms with Crippen LogP contribution in [-0.4, -0.2) is 25.7 Å². The summed E-state index contributed by atoms with van der Waals surface area (Å²) in [4.78, 5) is 23.3. The van der Waals surface area contributed by atoms with E-state index in [0.29, 0.717) is 37.5 Å². The predicted molar refractivity (Wildman–Crippen MR) is 99.4 cm³/mol. The fraction of sp³-hybridized carbons (Fsp3) is 0.579. The second kappa shape index (κ2) is 11.9. The highest BCUT2D eigenvalue weighted by atomic mass is 79.9. The van der Waals surface area contributed by atoms with Gasteiger partial charge in [0.2, 0.25) is 0 Å². The summed E-state index contributed by atoms with van der Waals surface area (Å²) >= 11 is 3.37. The van der Waals surface area contributed by atoms with Crippen molar-refractivity contribution in [3.05, 3.63) is 28.2 Å². The molecule has 0 aromatic heterocycles. The highest BCUT2D eigenvalue weighted by Gasteiger charge is 2.09. The summed E-state index contributed by atoms with van der Waals surface area (Å²) in [5, 5.41) is 0. The molecule has 1 rings (SSSR count). The van der Waals surface area contributed by atoms with E-state index < -0.39 is 0 Å². The molecule has 0 aliphatic heterocycles. The number of rotatable bonds is 11. The third kappa shape index (κ3) is 9.48. The van der Waals surface area contributed by atoms with Gasteiger partial charge in [0.1, 0.15) is 12.4 Å². The standard InChI is InChI=1S/C19H27BrO5/c1-14(2)12-24-18(21)7-5-4-6-8-19(22)25-13-15-9-10-16(20)11-17(15)23-3/h9-11,14H,4-8,12-13H2,1-3H3. The second-order valence-electron chi connectivity index (χ2n) is 6.25. The maximum absolute atomic E-state index is 11.8. The first-order chi connectivity index (χ1) is 11.9. The van der Waals surface area contributed by atoms with Crippen molar-refractivity contribution in [3.63, 3.8) is 0 Å². The molecule has 0 saturated heterocycles. The Bertz CT molecular complexity index is 557. The van der Waals surface area contributed by atoms with Crippen LogP contribution in [0.4, 0.5) is 0 Å². The SMILES string of the molecule is COc1cc(Br)ccc1COC(=O)CCCCCC(=O)OCC(C)C. The fourth-order valence-electron chi connectivity index (χ4n) is 2.12. The Morgan fingerprint density at radius 2 is 1.68 bits per heavy atom. The smallest absolute Gasteiger partial charge is 0.306 e. The minimum Gasteiger partial charge on any atom is -0.496 e. The number of carbonyl (C=O) groups is 2. The maximum atomic E-state index is 11.8. The third-order valence-corrected chi connectivity index (χ3v) is 3.97. The topological polar surface area (TPSA) is 61.8 Å². The van der Waals surface area contributed by atoms with Crippen LogP contribution < -0.4 is 4.74 Å². The number of benzene rings is 1. The van der Waals surface area contributed by atoms with Crippen LogP contribution in [0, 0.1) is 5.92 Å². The molecule has 6 heteroatoms. The van der Waals surface area contributed by atoms with Crippen LogP contribution in [0.5, 0.6) is 5.75 Å². The predicted octanol–water partition coefficient (Wildman–Crippen LogP) is 4.65. The van der Waals surface area contributed by atoms with E-state index >= 15 is 0 Å². The van der Waals surface area contributed by atoms with Crippen LogP contribution in [0.1, 0.15) is 51.5 Å². The summed E-state index contributed by atoms with van der Waals surface area (Å²) in [7, 11) is 1.58. The largest absolute Gasteiger partial charge is 0.496 e. The van der Waals surface area contributed by atoms with Crippen molar-refractivity contribution in [1.82, 2.24) is 0 Å².